The molecule has 0 spiro atoms. The molecule has 1 aliphatic heterocycles. The van der Waals surface area contributed by atoms with Gasteiger partial charge in [-0.05, 0) is 31.8 Å². The number of nitrogens with one attached hydrogen (secondary N) is 2. The molecule has 0 aromatic heterocycles. The van der Waals surface area contributed by atoms with Crippen molar-refractivity contribution in [1.29, 1.82) is 0 Å². The van der Waals surface area contributed by atoms with Crippen molar-refractivity contribution in [3.05, 3.63) is 13.2 Å². The third kappa shape index (κ3) is 9.68. The molecule has 1 aliphatic rings. The number of carbonyl (C=O) groups is 1. The van der Waals surface area contributed by atoms with Crippen LogP contribution in [0.25, 0.3) is 0 Å². The summed E-state index contributed by atoms with van der Waals surface area (Å²) in [6.45, 7) is 13.0. The number of amides is 1. The summed E-state index contributed by atoms with van der Waals surface area (Å²) < 4.78 is 0. The van der Waals surface area contributed by atoms with Gasteiger partial charge in [0.25, 0.3) is 0 Å². The predicted octanol–water partition coefficient (Wildman–Crippen LogP) is 1.14. The molecular formula is C12H29N3O. The van der Waals surface area contributed by atoms with Gasteiger partial charge in [-0.1, -0.05) is 13.8 Å². The quantitative estimate of drug-likeness (QED) is 0.638. The van der Waals surface area contributed by atoms with Gasteiger partial charge in [0.1, 0.15) is 0 Å². The van der Waals surface area contributed by atoms with Gasteiger partial charge in [-0.3, -0.25) is 4.79 Å². The van der Waals surface area contributed by atoms with Crippen LogP contribution in [0.1, 0.15) is 28.1 Å². The summed E-state index contributed by atoms with van der Waals surface area (Å²) in [4.78, 5) is 10.8. The SMILES string of the molecule is C=C.CC.NCC(=O)NCC1CCNCC1.[HH]. The average molecular weight is 231 g/mol. The van der Waals surface area contributed by atoms with E-state index in [9.17, 15) is 4.79 Å². The Morgan fingerprint density at radius 1 is 1.44 bits per heavy atom. The van der Waals surface area contributed by atoms with Gasteiger partial charge in [-0.25, -0.2) is 0 Å². The Labute approximate surface area is 101 Å². The minimum atomic E-state index is -0.0477. The second-order valence-corrected chi connectivity index (χ2v) is 3.20. The minimum absolute atomic E-state index is 0. The van der Waals surface area contributed by atoms with Gasteiger partial charge in [0, 0.05) is 7.97 Å². The van der Waals surface area contributed by atoms with Gasteiger partial charge in [0.2, 0.25) is 5.91 Å². The highest BCUT2D eigenvalue weighted by Crippen LogP contribution is 2.09. The van der Waals surface area contributed by atoms with E-state index < -0.39 is 0 Å². The van der Waals surface area contributed by atoms with Crippen LogP contribution in [-0.4, -0.2) is 32.1 Å². The minimum Gasteiger partial charge on any atom is -0.355 e. The first-order valence-corrected chi connectivity index (χ1v) is 6.00. The van der Waals surface area contributed by atoms with Crippen LogP contribution >= 0.6 is 0 Å². The van der Waals surface area contributed by atoms with Crippen molar-refractivity contribution in [3.63, 3.8) is 0 Å². The van der Waals surface area contributed by atoms with Crippen LogP contribution in [0.3, 0.4) is 0 Å². The zero-order valence-corrected chi connectivity index (χ0v) is 10.7. The van der Waals surface area contributed by atoms with Crippen molar-refractivity contribution in [2.75, 3.05) is 26.2 Å². The molecule has 0 aromatic carbocycles. The Morgan fingerprint density at radius 3 is 2.38 bits per heavy atom. The van der Waals surface area contributed by atoms with Crippen LogP contribution in [0.15, 0.2) is 13.2 Å². The third-order valence-corrected chi connectivity index (χ3v) is 2.23. The van der Waals surface area contributed by atoms with E-state index in [1.165, 1.54) is 0 Å². The lowest BCUT2D eigenvalue weighted by molar-refractivity contribution is -0.119. The molecule has 16 heavy (non-hydrogen) atoms. The average Bonchev–Trinajstić information content (AvgIpc) is 2.41. The van der Waals surface area contributed by atoms with Crippen molar-refractivity contribution in [2.24, 2.45) is 11.7 Å². The zero-order chi connectivity index (χ0) is 12.8. The molecule has 4 heteroatoms. The molecule has 0 atom stereocenters. The molecule has 1 fully saturated rings. The summed E-state index contributed by atoms with van der Waals surface area (Å²) >= 11 is 0. The standard InChI is InChI=1S/C8H17N3O.C2H6.C2H4.H2/c9-5-8(12)11-6-7-1-3-10-4-2-7;2*1-2;/h7,10H,1-6,9H2,(H,11,12);1-2H3;1-2H2;1H. The van der Waals surface area contributed by atoms with Crippen LogP contribution in [0.2, 0.25) is 0 Å². The van der Waals surface area contributed by atoms with Crippen LogP contribution in [0.5, 0.6) is 0 Å². The number of nitrogens with two attached hydrogens (primary N) is 1. The first-order valence-electron chi connectivity index (χ1n) is 6.00. The summed E-state index contributed by atoms with van der Waals surface area (Å²) in [7, 11) is 0. The van der Waals surface area contributed by atoms with Crippen molar-refractivity contribution in [3.8, 4) is 0 Å². The van der Waals surface area contributed by atoms with Crippen molar-refractivity contribution in [2.45, 2.75) is 26.7 Å². The molecule has 1 saturated heterocycles. The van der Waals surface area contributed by atoms with Gasteiger partial charge < -0.3 is 16.4 Å². The molecule has 0 aliphatic carbocycles. The van der Waals surface area contributed by atoms with E-state index >= 15 is 0 Å². The third-order valence-electron chi connectivity index (χ3n) is 2.23. The highest BCUT2D eigenvalue weighted by Gasteiger charge is 2.12. The lowest BCUT2D eigenvalue weighted by Gasteiger charge is -2.22. The van der Waals surface area contributed by atoms with Crippen molar-refractivity contribution < 1.29 is 6.22 Å². The summed E-state index contributed by atoms with van der Waals surface area (Å²) in [6.07, 6.45) is 2.32. The summed E-state index contributed by atoms with van der Waals surface area (Å²) in [6, 6.07) is 0. The van der Waals surface area contributed by atoms with Crippen LogP contribution in [0, 0.1) is 5.92 Å². The smallest absolute Gasteiger partial charge is 0.233 e. The lowest BCUT2D eigenvalue weighted by Crippen LogP contribution is -2.38. The molecule has 0 aromatic rings. The predicted molar refractivity (Wildman–Crippen MR) is 72.4 cm³/mol. The maximum atomic E-state index is 10.8. The van der Waals surface area contributed by atoms with Gasteiger partial charge >= 0.3 is 0 Å². The summed E-state index contributed by atoms with van der Waals surface area (Å²) in [5.74, 6) is 0.593. The number of piperidine rings is 1. The van der Waals surface area contributed by atoms with E-state index in [0.29, 0.717) is 5.92 Å². The highest BCUT2D eigenvalue weighted by atomic mass is 16.1. The number of hydrogen-bond donors (Lipinski definition) is 3. The van der Waals surface area contributed by atoms with E-state index in [4.69, 9.17) is 5.73 Å². The van der Waals surface area contributed by atoms with Gasteiger partial charge in [0.15, 0.2) is 0 Å². The summed E-state index contributed by atoms with van der Waals surface area (Å²) in [5, 5.41) is 6.09. The fourth-order valence-electron chi connectivity index (χ4n) is 1.42. The van der Waals surface area contributed by atoms with E-state index in [-0.39, 0.29) is 13.9 Å². The fraction of sp³-hybridized carbons (Fsp3) is 0.750. The molecule has 1 amide bonds. The number of hydrogen-bond acceptors (Lipinski definition) is 3. The van der Waals surface area contributed by atoms with Crippen LogP contribution in [-0.2, 0) is 4.79 Å². The van der Waals surface area contributed by atoms with Crippen molar-refractivity contribution in [1.82, 2.24) is 10.6 Å². The summed E-state index contributed by atoms with van der Waals surface area (Å²) in [5.41, 5.74) is 5.16. The normalized spacial score (nSPS) is 14.9. The Balaban J connectivity index is -0.000000355. The highest BCUT2D eigenvalue weighted by molar-refractivity contribution is 5.77. The van der Waals surface area contributed by atoms with Crippen LogP contribution in [0.4, 0.5) is 0 Å². The molecule has 0 radical (unpaired) electrons. The molecule has 1 rings (SSSR count). The maximum Gasteiger partial charge on any atom is 0.233 e. The topological polar surface area (TPSA) is 67.2 Å². The van der Waals surface area contributed by atoms with Gasteiger partial charge in [0.05, 0.1) is 6.54 Å². The molecule has 1 heterocycles. The van der Waals surface area contributed by atoms with Crippen molar-refractivity contribution >= 4 is 5.91 Å². The Kier molecular flexibility index (Phi) is 15.5. The molecule has 0 saturated carbocycles. The van der Waals surface area contributed by atoms with E-state index in [1.807, 2.05) is 13.8 Å². The largest absolute Gasteiger partial charge is 0.355 e. The molecule has 98 valence electrons. The van der Waals surface area contributed by atoms with E-state index in [2.05, 4.69) is 23.8 Å². The molecule has 0 bridgehead atoms. The molecule has 4 N–H and O–H groups in total. The van der Waals surface area contributed by atoms with Gasteiger partial charge in [-0.2, -0.15) is 0 Å². The maximum absolute atomic E-state index is 10.8. The lowest BCUT2D eigenvalue weighted by atomic mass is 9.98. The second kappa shape index (κ2) is 14.1. The Bertz CT molecular complexity index is 162. The number of rotatable bonds is 3. The fourth-order valence-corrected chi connectivity index (χ4v) is 1.42. The monoisotopic (exact) mass is 231 g/mol. The Hall–Kier alpha value is -0.870. The second-order valence-electron chi connectivity index (χ2n) is 3.20. The Morgan fingerprint density at radius 2 is 1.94 bits per heavy atom. The molecule has 4 nitrogen and oxygen atoms in total. The van der Waals surface area contributed by atoms with Crippen LogP contribution < -0.4 is 16.4 Å². The molecule has 0 unspecified atom stereocenters. The first kappa shape index (κ1) is 17.5. The number of carbonyl (C=O) groups excluding carboxylic acids is 1. The first-order chi connectivity index (χ1) is 7.83. The van der Waals surface area contributed by atoms with E-state index in [1.54, 1.807) is 0 Å². The zero-order valence-electron chi connectivity index (χ0n) is 10.7. The van der Waals surface area contributed by atoms with Gasteiger partial charge in [-0.15, -0.1) is 13.2 Å². The molecular weight excluding hydrogens is 202 g/mol. The van der Waals surface area contributed by atoms with E-state index in [0.717, 1.165) is 32.5 Å².